The highest BCUT2D eigenvalue weighted by Crippen LogP contribution is 2.32. The van der Waals surface area contributed by atoms with Gasteiger partial charge in [-0.05, 0) is 37.3 Å². The molecule has 1 fully saturated rings. The lowest BCUT2D eigenvalue weighted by molar-refractivity contribution is -0.141. The van der Waals surface area contributed by atoms with Crippen LogP contribution in [0.5, 0.6) is 0 Å². The number of halogens is 4. The van der Waals surface area contributed by atoms with Crippen LogP contribution in [0.2, 0.25) is 5.28 Å². The van der Waals surface area contributed by atoms with Crippen molar-refractivity contribution in [3.63, 3.8) is 0 Å². The van der Waals surface area contributed by atoms with E-state index in [1.54, 1.807) is 4.90 Å². The number of anilines is 1. The number of aliphatic hydroxyl groups excluding tert-OH is 1. The predicted molar refractivity (Wildman–Crippen MR) is 68.7 cm³/mol. The molecule has 0 radical (unpaired) electrons. The van der Waals surface area contributed by atoms with Gasteiger partial charge in [0.05, 0.1) is 0 Å². The zero-order chi connectivity index (χ0) is 14.8. The van der Waals surface area contributed by atoms with Crippen LogP contribution in [0, 0.1) is 0 Å². The van der Waals surface area contributed by atoms with Crippen molar-refractivity contribution in [2.75, 3.05) is 18.1 Å². The second-order valence-electron chi connectivity index (χ2n) is 4.73. The molecular formula is C12H15ClF3N3O. The standard InChI is InChI=1S/C12H15ClF3N3O/c13-11-17-9(12(14,15)16)7-10(18-11)19-5-2-1-3-8(19)4-6-20/h7-8,20H,1-6H2. The lowest BCUT2D eigenvalue weighted by atomic mass is 9.99. The van der Waals surface area contributed by atoms with Crippen LogP contribution in [0.25, 0.3) is 0 Å². The summed E-state index contributed by atoms with van der Waals surface area (Å²) in [5, 5.41) is 8.64. The fraction of sp³-hybridized carbons (Fsp3) is 0.667. The average molecular weight is 310 g/mol. The summed E-state index contributed by atoms with van der Waals surface area (Å²) in [6.07, 6.45) is -1.35. The van der Waals surface area contributed by atoms with Gasteiger partial charge in [0, 0.05) is 25.3 Å². The number of nitrogens with zero attached hydrogens (tertiary/aromatic N) is 3. The van der Waals surface area contributed by atoms with E-state index in [4.69, 9.17) is 16.7 Å². The highest BCUT2D eigenvalue weighted by atomic mass is 35.5. The Labute approximate surface area is 119 Å². The number of aromatic nitrogens is 2. The predicted octanol–water partition coefficient (Wildman–Crippen LogP) is 2.89. The zero-order valence-electron chi connectivity index (χ0n) is 10.7. The summed E-state index contributed by atoms with van der Waals surface area (Å²) in [6, 6.07) is 0.905. The zero-order valence-corrected chi connectivity index (χ0v) is 11.5. The van der Waals surface area contributed by atoms with E-state index < -0.39 is 17.2 Å². The smallest absolute Gasteiger partial charge is 0.396 e. The topological polar surface area (TPSA) is 49.2 Å². The molecule has 20 heavy (non-hydrogen) atoms. The Hall–Kier alpha value is -1.08. The van der Waals surface area contributed by atoms with Crippen molar-refractivity contribution < 1.29 is 18.3 Å². The molecule has 0 amide bonds. The summed E-state index contributed by atoms with van der Waals surface area (Å²) in [4.78, 5) is 8.91. The fourth-order valence-electron chi connectivity index (χ4n) is 2.45. The second kappa shape index (κ2) is 6.13. The highest BCUT2D eigenvalue weighted by Gasteiger charge is 2.35. The van der Waals surface area contributed by atoms with Crippen molar-refractivity contribution in [1.29, 1.82) is 0 Å². The molecule has 0 spiro atoms. The van der Waals surface area contributed by atoms with E-state index in [0.717, 1.165) is 25.3 Å². The summed E-state index contributed by atoms with van der Waals surface area (Å²) in [5.41, 5.74) is -1.04. The molecule has 0 aliphatic carbocycles. The fourth-order valence-corrected chi connectivity index (χ4v) is 2.63. The van der Waals surface area contributed by atoms with Gasteiger partial charge in [-0.15, -0.1) is 0 Å². The van der Waals surface area contributed by atoms with Crippen molar-refractivity contribution in [3.8, 4) is 0 Å². The Bertz CT molecular complexity index is 468. The van der Waals surface area contributed by atoms with E-state index in [9.17, 15) is 13.2 Å². The van der Waals surface area contributed by atoms with Crippen molar-refractivity contribution in [1.82, 2.24) is 9.97 Å². The molecule has 1 N–H and O–H groups in total. The minimum absolute atomic E-state index is 0.00783. The maximum absolute atomic E-state index is 12.8. The Morgan fingerprint density at radius 3 is 2.75 bits per heavy atom. The maximum atomic E-state index is 12.8. The molecule has 4 nitrogen and oxygen atoms in total. The normalized spacial score (nSPS) is 20.2. The van der Waals surface area contributed by atoms with Crippen molar-refractivity contribution in [3.05, 3.63) is 17.0 Å². The van der Waals surface area contributed by atoms with E-state index in [-0.39, 0.29) is 18.5 Å². The molecule has 0 saturated carbocycles. The number of rotatable bonds is 3. The quantitative estimate of drug-likeness (QED) is 0.872. The number of hydrogen-bond acceptors (Lipinski definition) is 4. The van der Waals surface area contributed by atoms with Gasteiger partial charge >= 0.3 is 6.18 Å². The van der Waals surface area contributed by atoms with Crippen LogP contribution in [0.15, 0.2) is 6.07 Å². The monoisotopic (exact) mass is 309 g/mol. The van der Waals surface area contributed by atoms with Crippen LogP contribution in [0.1, 0.15) is 31.4 Å². The van der Waals surface area contributed by atoms with Gasteiger partial charge in [0.2, 0.25) is 5.28 Å². The maximum Gasteiger partial charge on any atom is 0.433 e. The Kier molecular flexibility index (Phi) is 4.70. The first kappa shape index (κ1) is 15.3. The number of hydrogen-bond donors (Lipinski definition) is 1. The highest BCUT2D eigenvalue weighted by molar-refractivity contribution is 6.28. The van der Waals surface area contributed by atoms with E-state index in [1.165, 1.54) is 0 Å². The molecule has 1 atom stereocenters. The molecule has 0 bridgehead atoms. The summed E-state index contributed by atoms with van der Waals surface area (Å²) in [6.45, 7) is 0.599. The average Bonchev–Trinajstić information content (AvgIpc) is 2.38. The first-order valence-corrected chi connectivity index (χ1v) is 6.79. The summed E-state index contributed by atoms with van der Waals surface area (Å²) in [7, 11) is 0. The largest absolute Gasteiger partial charge is 0.433 e. The van der Waals surface area contributed by atoms with Crippen molar-refractivity contribution in [2.45, 2.75) is 37.9 Å². The lowest BCUT2D eigenvalue weighted by Gasteiger charge is -2.36. The van der Waals surface area contributed by atoms with Crippen LogP contribution >= 0.6 is 11.6 Å². The third-order valence-electron chi connectivity index (χ3n) is 3.36. The summed E-state index contributed by atoms with van der Waals surface area (Å²) < 4.78 is 38.3. The van der Waals surface area contributed by atoms with Gasteiger partial charge in [-0.3, -0.25) is 0 Å². The first-order chi connectivity index (χ1) is 9.41. The third-order valence-corrected chi connectivity index (χ3v) is 3.53. The molecule has 8 heteroatoms. The SMILES string of the molecule is OCCC1CCCCN1c1cc(C(F)(F)F)nc(Cl)n1. The third kappa shape index (κ3) is 3.52. The van der Waals surface area contributed by atoms with Gasteiger partial charge in [-0.1, -0.05) is 0 Å². The van der Waals surface area contributed by atoms with E-state index in [0.29, 0.717) is 13.0 Å². The molecule has 2 heterocycles. The number of alkyl halides is 3. The van der Waals surface area contributed by atoms with Crippen LogP contribution in [-0.4, -0.2) is 34.3 Å². The van der Waals surface area contributed by atoms with E-state index in [1.807, 2.05) is 0 Å². The van der Waals surface area contributed by atoms with Gasteiger partial charge in [0.15, 0.2) is 5.69 Å². The van der Waals surface area contributed by atoms with Crippen molar-refractivity contribution >= 4 is 17.4 Å². The van der Waals surface area contributed by atoms with Crippen LogP contribution in [0.4, 0.5) is 19.0 Å². The van der Waals surface area contributed by atoms with Crippen LogP contribution < -0.4 is 4.90 Å². The molecule has 1 aromatic heterocycles. The molecular weight excluding hydrogens is 295 g/mol. The molecule has 0 aromatic carbocycles. The molecule has 112 valence electrons. The minimum Gasteiger partial charge on any atom is -0.396 e. The first-order valence-electron chi connectivity index (χ1n) is 6.41. The molecule has 1 aliphatic rings. The van der Waals surface area contributed by atoms with E-state index >= 15 is 0 Å². The van der Waals surface area contributed by atoms with Crippen molar-refractivity contribution in [2.24, 2.45) is 0 Å². The number of piperidine rings is 1. The van der Waals surface area contributed by atoms with Gasteiger partial charge in [0.1, 0.15) is 5.82 Å². The Morgan fingerprint density at radius 1 is 1.35 bits per heavy atom. The molecule has 1 aromatic rings. The molecule has 1 aliphatic heterocycles. The van der Waals surface area contributed by atoms with E-state index in [2.05, 4.69) is 9.97 Å². The summed E-state index contributed by atoms with van der Waals surface area (Å²) in [5.74, 6) is 0.176. The van der Waals surface area contributed by atoms with Gasteiger partial charge < -0.3 is 10.0 Å². The Balaban J connectivity index is 2.32. The van der Waals surface area contributed by atoms with Crippen LogP contribution in [0.3, 0.4) is 0 Å². The molecule has 2 rings (SSSR count). The van der Waals surface area contributed by atoms with Crippen LogP contribution in [-0.2, 0) is 6.18 Å². The molecule has 1 saturated heterocycles. The second-order valence-corrected chi connectivity index (χ2v) is 5.07. The summed E-state index contributed by atoms with van der Waals surface area (Å²) >= 11 is 5.60. The number of aliphatic hydroxyl groups is 1. The molecule has 1 unspecified atom stereocenters. The Morgan fingerprint density at radius 2 is 2.10 bits per heavy atom. The van der Waals surface area contributed by atoms with Gasteiger partial charge in [-0.2, -0.15) is 13.2 Å². The van der Waals surface area contributed by atoms with Gasteiger partial charge in [0.25, 0.3) is 0 Å². The minimum atomic E-state index is -4.55. The van der Waals surface area contributed by atoms with Gasteiger partial charge in [-0.25, -0.2) is 9.97 Å². The lowest BCUT2D eigenvalue weighted by Crippen LogP contribution is -2.40.